The second-order valence-electron chi connectivity index (χ2n) is 8.72. The molecule has 1 aliphatic heterocycles. The standard InChI is InChI=1S/C21H26N4O3S/c1-21(2)11-25-19(28-21)16(9-22-25)29-24-20(27)23-18-15-5-3-4-12(15)8-13-6-7-14(10-26)17(13)18/h8-9,14,26,29H,3-7,10-11H2,1-2H3,(H,23,27)/t14-/m0/s1. The number of nitrogens with one attached hydrogen (secondary N) is 1. The topological polar surface area (TPSA) is 88.7 Å². The number of amides is 2. The van der Waals surface area contributed by atoms with Crippen LogP contribution in [0, 0.1) is 0 Å². The fourth-order valence-corrected chi connectivity index (χ4v) is 5.43. The molecule has 1 aromatic carbocycles. The van der Waals surface area contributed by atoms with Crippen LogP contribution in [0.4, 0.5) is 10.5 Å². The van der Waals surface area contributed by atoms with E-state index in [1.54, 1.807) is 6.20 Å². The van der Waals surface area contributed by atoms with Gasteiger partial charge in [0.2, 0.25) is 5.88 Å². The molecular weight excluding hydrogens is 388 g/mol. The fraction of sp³-hybridized carbons (Fsp3) is 0.524. The van der Waals surface area contributed by atoms with E-state index in [1.165, 1.54) is 16.7 Å². The van der Waals surface area contributed by atoms with Gasteiger partial charge in [-0.05, 0) is 68.2 Å². The highest BCUT2D eigenvalue weighted by molar-refractivity contribution is 7.68. The minimum Gasteiger partial charge on any atom is -0.469 e. The van der Waals surface area contributed by atoms with Crippen LogP contribution in [-0.2, 0) is 37.4 Å². The molecule has 2 aliphatic carbocycles. The SMILES string of the molecule is CC1(C)Cn2ncc(/[SH]=N/C(=O)Nc3c4c(cc5c3[C@H](CO)CC5)CCC4)c2O1. The number of hydrogen-bond acceptors (Lipinski definition) is 4. The van der Waals surface area contributed by atoms with Gasteiger partial charge in [0.15, 0.2) is 0 Å². The largest absolute Gasteiger partial charge is 0.469 e. The number of benzene rings is 1. The molecule has 0 spiro atoms. The van der Waals surface area contributed by atoms with Gasteiger partial charge in [0.25, 0.3) is 0 Å². The molecule has 8 heteroatoms. The van der Waals surface area contributed by atoms with Crippen LogP contribution in [0.5, 0.6) is 5.88 Å². The Kier molecular flexibility index (Phi) is 4.51. The molecule has 2 N–H and O–H groups in total. The maximum Gasteiger partial charge on any atom is 0.351 e. The Hall–Kier alpha value is -2.19. The minimum absolute atomic E-state index is 0.0957. The molecule has 0 bridgehead atoms. The zero-order valence-corrected chi connectivity index (χ0v) is 17.6. The van der Waals surface area contributed by atoms with Gasteiger partial charge in [0.1, 0.15) is 5.60 Å². The average Bonchev–Trinajstić information content (AvgIpc) is 3.42. The highest BCUT2D eigenvalue weighted by atomic mass is 32.1. The lowest BCUT2D eigenvalue weighted by atomic mass is 9.94. The summed E-state index contributed by atoms with van der Waals surface area (Å²) in [6.45, 7) is 4.83. The Bertz CT molecular complexity index is 1030. The molecule has 154 valence electrons. The van der Waals surface area contributed by atoms with Gasteiger partial charge < -0.3 is 15.2 Å². The van der Waals surface area contributed by atoms with Gasteiger partial charge >= 0.3 is 6.03 Å². The zero-order valence-electron chi connectivity index (χ0n) is 16.7. The third-order valence-electron chi connectivity index (χ3n) is 6.07. The number of rotatable bonds is 3. The van der Waals surface area contributed by atoms with Crippen molar-refractivity contribution in [2.45, 2.75) is 68.9 Å². The molecule has 2 aromatic rings. The third-order valence-corrected chi connectivity index (χ3v) is 6.88. The summed E-state index contributed by atoms with van der Waals surface area (Å²) in [4.78, 5) is 13.5. The quantitative estimate of drug-likeness (QED) is 0.673. The Balaban J connectivity index is 1.41. The van der Waals surface area contributed by atoms with Gasteiger partial charge in [-0.15, -0.1) is 0 Å². The van der Waals surface area contributed by atoms with Crippen molar-refractivity contribution in [3.05, 3.63) is 34.5 Å². The summed E-state index contributed by atoms with van der Waals surface area (Å²) >= 11 is 0.519. The van der Waals surface area contributed by atoms with Crippen LogP contribution in [0.15, 0.2) is 21.5 Å². The first-order chi connectivity index (χ1) is 13.9. The molecule has 7 nitrogen and oxygen atoms in total. The van der Waals surface area contributed by atoms with E-state index in [-0.39, 0.29) is 24.2 Å². The lowest BCUT2D eigenvalue weighted by Crippen LogP contribution is -2.26. The molecule has 1 atom stereocenters. The molecule has 0 saturated heterocycles. The van der Waals surface area contributed by atoms with Crippen molar-refractivity contribution in [1.29, 1.82) is 0 Å². The van der Waals surface area contributed by atoms with Gasteiger partial charge in [0, 0.05) is 11.6 Å². The molecule has 29 heavy (non-hydrogen) atoms. The number of nitrogens with zero attached hydrogens (tertiary/aromatic N) is 3. The number of ether oxygens (including phenoxy) is 1. The first-order valence-corrected chi connectivity index (χ1v) is 11.1. The molecule has 5 rings (SSSR count). The highest BCUT2D eigenvalue weighted by Crippen LogP contribution is 2.44. The molecular formula is C21H26N4O3S. The van der Waals surface area contributed by atoms with Crippen LogP contribution < -0.4 is 10.1 Å². The summed E-state index contributed by atoms with van der Waals surface area (Å²) in [6.07, 6.45) is 6.73. The number of anilines is 1. The second kappa shape index (κ2) is 6.95. The van der Waals surface area contributed by atoms with Crippen molar-refractivity contribution < 1.29 is 14.6 Å². The highest BCUT2D eigenvalue weighted by Gasteiger charge is 2.33. The number of aliphatic hydroxyl groups excluding tert-OH is 1. The van der Waals surface area contributed by atoms with Crippen LogP contribution in [0.2, 0.25) is 0 Å². The number of aromatic nitrogens is 2. The summed E-state index contributed by atoms with van der Waals surface area (Å²) in [5.41, 5.74) is 5.54. The maximum absolute atomic E-state index is 12.7. The van der Waals surface area contributed by atoms with Crippen LogP contribution in [-0.4, -0.2) is 33.1 Å². The number of carbonyl (C=O) groups excluding carboxylic acids is 1. The van der Waals surface area contributed by atoms with Gasteiger partial charge in [-0.3, -0.25) is 0 Å². The van der Waals surface area contributed by atoms with Crippen LogP contribution >= 0.6 is 0 Å². The smallest absolute Gasteiger partial charge is 0.351 e. The maximum atomic E-state index is 12.7. The van der Waals surface area contributed by atoms with Gasteiger partial charge in [0.05, 0.1) is 24.2 Å². The van der Waals surface area contributed by atoms with Crippen molar-refractivity contribution in [2.75, 3.05) is 11.9 Å². The Morgan fingerprint density at radius 2 is 2.28 bits per heavy atom. The van der Waals surface area contributed by atoms with Crippen LogP contribution in [0.1, 0.15) is 54.9 Å². The summed E-state index contributed by atoms with van der Waals surface area (Å²) in [6, 6.07) is 1.92. The lowest BCUT2D eigenvalue weighted by molar-refractivity contribution is 0.132. The van der Waals surface area contributed by atoms with Crippen molar-refractivity contribution in [3.8, 4) is 5.88 Å². The third kappa shape index (κ3) is 3.28. The Labute approximate surface area is 173 Å². The number of urea groups is 1. The number of carbonyl (C=O) groups is 1. The van der Waals surface area contributed by atoms with E-state index in [1.807, 2.05) is 18.5 Å². The molecule has 3 aliphatic rings. The van der Waals surface area contributed by atoms with E-state index in [0.717, 1.165) is 48.3 Å². The zero-order chi connectivity index (χ0) is 20.2. The minimum atomic E-state index is -0.366. The van der Waals surface area contributed by atoms with E-state index >= 15 is 0 Å². The normalized spacial score (nSPS) is 21.4. The molecule has 2 heterocycles. The number of hydrogen-bond donors (Lipinski definition) is 3. The van der Waals surface area contributed by atoms with Crippen LogP contribution in [0.25, 0.3) is 0 Å². The van der Waals surface area contributed by atoms with E-state index in [9.17, 15) is 9.90 Å². The first kappa shape index (κ1) is 18.8. The molecule has 0 fully saturated rings. The van der Waals surface area contributed by atoms with E-state index in [4.69, 9.17) is 4.74 Å². The molecule has 2 amide bonds. The lowest BCUT2D eigenvalue weighted by Gasteiger charge is -2.18. The van der Waals surface area contributed by atoms with Crippen molar-refractivity contribution in [2.24, 2.45) is 4.36 Å². The Morgan fingerprint density at radius 1 is 1.41 bits per heavy atom. The van der Waals surface area contributed by atoms with E-state index in [2.05, 4.69) is 20.8 Å². The van der Waals surface area contributed by atoms with Crippen LogP contribution in [0.3, 0.4) is 0 Å². The van der Waals surface area contributed by atoms with Crippen molar-refractivity contribution >= 4 is 23.3 Å². The van der Waals surface area contributed by atoms with E-state index < -0.39 is 0 Å². The monoisotopic (exact) mass is 414 g/mol. The Morgan fingerprint density at radius 3 is 3.10 bits per heavy atom. The second-order valence-corrected chi connectivity index (χ2v) is 9.60. The number of thiol groups is 1. The van der Waals surface area contributed by atoms with Crippen molar-refractivity contribution in [1.82, 2.24) is 9.78 Å². The predicted molar refractivity (Wildman–Crippen MR) is 112 cm³/mol. The fourth-order valence-electron chi connectivity index (χ4n) is 4.83. The molecule has 0 unspecified atom stereocenters. The molecule has 1 aromatic heterocycles. The summed E-state index contributed by atoms with van der Waals surface area (Å²) in [5, 5.41) is 17.2. The van der Waals surface area contributed by atoms with Crippen molar-refractivity contribution in [3.63, 3.8) is 0 Å². The average molecular weight is 415 g/mol. The first-order valence-electron chi connectivity index (χ1n) is 10.2. The van der Waals surface area contributed by atoms with Gasteiger partial charge in [-0.2, -0.15) is 9.46 Å². The number of fused-ring (bicyclic) bond motifs is 3. The summed E-state index contributed by atoms with van der Waals surface area (Å²) < 4.78 is 12.0. The van der Waals surface area contributed by atoms with Gasteiger partial charge in [-0.25, -0.2) is 9.48 Å². The predicted octanol–water partition coefficient (Wildman–Crippen LogP) is 3.15. The number of aryl methyl sites for hydroxylation is 2. The molecule has 0 radical (unpaired) electrons. The van der Waals surface area contributed by atoms with Gasteiger partial charge in [-0.1, -0.05) is 17.6 Å². The molecule has 0 saturated carbocycles. The van der Waals surface area contributed by atoms with E-state index in [0.29, 0.717) is 24.0 Å². The number of aliphatic hydroxyl groups is 1. The summed E-state index contributed by atoms with van der Waals surface area (Å²) in [7, 11) is 0. The summed E-state index contributed by atoms with van der Waals surface area (Å²) in [5.74, 6) is 0.786.